The summed E-state index contributed by atoms with van der Waals surface area (Å²) in [6.07, 6.45) is 5.89. The van der Waals surface area contributed by atoms with Crippen molar-refractivity contribution < 1.29 is 9.53 Å². The lowest BCUT2D eigenvalue weighted by Gasteiger charge is -2.37. The van der Waals surface area contributed by atoms with E-state index in [2.05, 4.69) is 24.1 Å². The number of ether oxygens (including phenoxy) is 1. The fourth-order valence-corrected chi connectivity index (χ4v) is 3.41. The second kappa shape index (κ2) is 7.99. The van der Waals surface area contributed by atoms with Gasteiger partial charge < -0.3 is 10.1 Å². The van der Waals surface area contributed by atoms with Crippen LogP contribution in [0.25, 0.3) is 0 Å². The summed E-state index contributed by atoms with van der Waals surface area (Å²) in [7, 11) is 0. The van der Waals surface area contributed by atoms with Crippen LogP contribution in [0.4, 0.5) is 0 Å². The zero-order valence-corrected chi connectivity index (χ0v) is 13.1. The molecule has 1 heterocycles. The zero-order chi connectivity index (χ0) is 14.4. The summed E-state index contributed by atoms with van der Waals surface area (Å²) in [6.45, 7) is 8.89. The maximum atomic E-state index is 12.3. The number of rotatable bonds is 5. The highest BCUT2D eigenvalue weighted by Crippen LogP contribution is 2.23. The van der Waals surface area contributed by atoms with Gasteiger partial charge >= 0.3 is 0 Å². The van der Waals surface area contributed by atoms with Gasteiger partial charge in [0.1, 0.15) is 0 Å². The Morgan fingerprint density at radius 1 is 1.20 bits per heavy atom. The monoisotopic (exact) mass is 282 g/mol. The maximum absolute atomic E-state index is 12.3. The van der Waals surface area contributed by atoms with Crippen molar-refractivity contribution in [2.24, 2.45) is 11.8 Å². The van der Waals surface area contributed by atoms with Gasteiger partial charge in [-0.2, -0.15) is 0 Å². The summed E-state index contributed by atoms with van der Waals surface area (Å²) in [6, 6.07) is 0.437. The third-order valence-corrected chi connectivity index (χ3v) is 4.75. The number of hydrogen-bond acceptors (Lipinski definition) is 3. The van der Waals surface area contributed by atoms with Crippen molar-refractivity contribution in [2.45, 2.75) is 52.0 Å². The van der Waals surface area contributed by atoms with E-state index >= 15 is 0 Å². The van der Waals surface area contributed by atoms with Crippen LogP contribution in [0.5, 0.6) is 0 Å². The van der Waals surface area contributed by atoms with Crippen LogP contribution in [0.2, 0.25) is 0 Å². The van der Waals surface area contributed by atoms with Gasteiger partial charge in [0.05, 0.1) is 13.2 Å². The second-order valence-corrected chi connectivity index (χ2v) is 6.54. The predicted octanol–water partition coefficient (Wildman–Crippen LogP) is 2.04. The topological polar surface area (TPSA) is 41.6 Å². The van der Waals surface area contributed by atoms with Crippen LogP contribution in [-0.2, 0) is 9.53 Å². The summed E-state index contributed by atoms with van der Waals surface area (Å²) in [5.41, 5.74) is 0. The Morgan fingerprint density at radius 3 is 2.45 bits per heavy atom. The normalized spacial score (nSPS) is 23.8. The van der Waals surface area contributed by atoms with Gasteiger partial charge in [-0.3, -0.25) is 9.69 Å². The fourth-order valence-electron chi connectivity index (χ4n) is 3.41. The van der Waals surface area contributed by atoms with Crippen LogP contribution in [0.1, 0.15) is 46.0 Å². The molecule has 0 radical (unpaired) electrons. The lowest BCUT2D eigenvalue weighted by atomic mass is 9.88. The van der Waals surface area contributed by atoms with Crippen LogP contribution < -0.4 is 5.32 Å². The first-order chi connectivity index (χ1) is 9.68. The Hall–Kier alpha value is -0.610. The molecule has 1 N–H and O–H groups in total. The van der Waals surface area contributed by atoms with Crippen LogP contribution in [-0.4, -0.2) is 49.7 Å². The number of amides is 1. The van der Waals surface area contributed by atoms with Gasteiger partial charge in [-0.05, 0) is 18.8 Å². The molecular formula is C16H30N2O2. The van der Waals surface area contributed by atoms with Crippen LogP contribution in [0, 0.1) is 11.8 Å². The summed E-state index contributed by atoms with van der Waals surface area (Å²) in [5.74, 6) is 1.10. The van der Waals surface area contributed by atoms with Crippen molar-refractivity contribution >= 4 is 5.91 Å². The molecule has 1 aliphatic heterocycles. The van der Waals surface area contributed by atoms with Gasteiger partial charge in [-0.25, -0.2) is 0 Å². The summed E-state index contributed by atoms with van der Waals surface area (Å²) >= 11 is 0. The molecule has 2 aliphatic rings. The predicted molar refractivity (Wildman–Crippen MR) is 80.6 cm³/mol. The Balaban J connectivity index is 1.80. The van der Waals surface area contributed by atoms with Crippen molar-refractivity contribution in [1.29, 1.82) is 0 Å². The minimum atomic E-state index is 0.265. The lowest BCUT2D eigenvalue weighted by molar-refractivity contribution is -0.126. The number of hydrogen-bond donors (Lipinski definition) is 1. The van der Waals surface area contributed by atoms with Gasteiger partial charge in [-0.15, -0.1) is 0 Å². The molecular weight excluding hydrogens is 252 g/mol. The van der Waals surface area contributed by atoms with E-state index in [1.54, 1.807) is 0 Å². The number of carbonyl (C=O) groups is 1. The van der Waals surface area contributed by atoms with Crippen molar-refractivity contribution in [2.75, 3.05) is 32.8 Å². The van der Waals surface area contributed by atoms with Crippen molar-refractivity contribution in [1.82, 2.24) is 10.2 Å². The van der Waals surface area contributed by atoms with Gasteiger partial charge in [-0.1, -0.05) is 33.1 Å². The first kappa shape index (κ1) is 15.8. The van der Waals surface area contributed by atoms with Crippen LogP contribution >= 0.6 is 0 Å². The Labute approximate surface area is 123 Å². The molecule has 1 atom stereocenters. The number of morpholine rings is 1. The van der Waals surface area contributed by atoms with Crippen LogP contribution in [0.15, 0.2) is 0 Å². The number of nitrogens with one attached hydrogen (secondary N) is 1. The molecule has 116 valence electrons. The summed E-state index contributed by atoms with van der Waals surface area (Å²) in [5, 5.41) is 3.21. The number of nitrogens with zero attached hydrogens (tertiary/aromatic N) is 1. The van der Waals surface area contributed by atoms with E-state index in [0.717, 1.165) is 45.7 Å². The molecule has 1 saturated carbocycles. The molecule has 2 fully saturated rings. The fraction of sp³-hybridized carbons (Fsp3) is 0.938. The second-order valence-electron chi connectivity index (χ2n) is 6.54. The lowest BCUT2D eigenvalue weighted by Crippen LogP contribution is -2.51. The van der Waals surface area contributed by atoms with Crippen molar-refractivity contribution in [3.05, 3.63) is 0 Å². The van der Waals surface area contributed by atoms with E-state index in [1.807, 2.05) is 0 Å². The molecule has 1 aliphatic carbocycles. The molecule has 4 heteroatoms. The molecule has 0 aromatic carbocycles. The van der Waals surface area contributed by atoms with E-state index < -0.39 is 0 Å². The number of carbonyl (C=O) groups excluding carboxylic acids is 1. The molecule has 1 saturated heterocycles. The van der Waals surface area contributed by atoms with Gasteiger partial charge in [0, 0.05) is 31.6 Å². The van der Waals surface area contributed by atoms with E-state index in [1.165, 1.54) is 19.3 Å². The van der Waals surface area contributed by atoms with E-state index in [0.29, 0.717) is 12.0 Å². The average molecular weight is 282 g/mol. The Kier molecular flexibility index (Phi) is 6.30. The molecule has 4 nitrogen and oxygen atoms in total. The SMILES string of the molecule is CC(C)C(CNC(=O)C1CCCCC1)N1CCOCC1. The maximum Gasteiger partial charge on any atom is 0.223 e. The average Bonchev–Trinajstić information content (AvgIpc) is 2.49. The van der Waals surface area contributed by atoms with Crippen molar-refractivity contribution in [3.63, 3.8) is 0 Å². The summed E-state index contributed by atoms with van der Waals surface area (Å²) in [4.78, 5) is 14.7. The molecule has 0 spiro atoms. The largest absolute Gasteiger partial charge is 0.379 e. The molecule has 0 aromatic heterocycles. The van der Waals surface area contributed by atoms with Gasteiger partial charge in [0.25, 0.3) is 0 Å². The third kappa shape index (κ3) is 4.45. The first-order valence-corrected chi connectivity index (χ1v) is 8.28. The molecule has 0 bridgehead atoms. The van der Waals surface area contributed by atoms with Gasteiger partial charge in [0.2, 0.25) is 5.91 Å². The van der Waals surface area contributed by atoms with Crippen molar-refractivity contribution in [3.8, 4) is 0 Å². The minimum Gasteiger partial charge on any atom is -0.379 e. The molecule has 1 amide bonds. The highest BCUT2D eigenvalue weighted by atomic mass is 16.5. The quantitative estimate of drug-likeness (QED) is 0.839. The standard InChI is InChI=1S/C16H30N2O2/c1-13(2)15(18-8-10-20-11-9-18)12-17-16(19)14-6-4-3-5-7-14/h13-15H,3-12H2,1-2H3,(H,17,19). The highest BCUT2D eigenvalue weighted by molar-refractivity contribution is 5.78. The zero-order valence-electron chi connectivity index (χ0n) is 13.1. The van der Waals surface area contributed by atoms with E-state index in [9.17, 15) is 4.79 Å². The summed E-state index contributed by atoms with van der Waals surface area (Å²) < 4.78 is 5.42. The smallest absolute Gasteiger partial charge is 0.223 e. The first-order valence-electron chi connectivity index (χ1n) is 8.28. The molecule has 20 heavy (non-hydrogen) atoms. The third-order valence-electron chi connectivity index (χ3n) is 4.75. The minimum absolute atomic E-state index is 0.265. The van der Waals surface area contributed by atoms with Crippen LogP contribution in [0.3, 0.4) is 0 Å². The Morgan fingerprint density at radius 2 is 1.85 bits per heavy atom. The van der Waals surface area contributed by atoms with Gasteiger partial charge in [0.15, 0.2) is 0 Å². The molecule has 0 aromatic rings. The van der Waals surface area contributed by atoms with E-state index in [4.69, 9.17) is 4.74 Å². The van der Waals surface area contributed by atoms with E-state index in [-0.39, 0.29) is 11.8 Å². The Bertz CT molecular complexity index is 295. The highest BCUT2D eigenvalue weighted by Gasteiger charge is 2.26. The molecule has 2 rings (SSSR count). The molecule has 1 unspecified atom stereocenters.